The van der Waals surface area contributed by atoms with E-state index in [1.165, 1.54) is 0 Å². The number of hydrogen-bond acceptors (Lipinski definition) is 4. The second-order valence-corrected chi connectivity index (χ2v) is 9.35. The molecular formula is C23H35N5O2. The zero-order valence-corrected chi connectivity index (χ0v) is 19.2. The van der Waals surface area contributed by atoms with Gasteiger partial charge in [-0.3, -0.25) is 9.59 Å². The largest absolute Gasteiger partial charge is 0.351 e. The molecule has 2 amide bonds. The molecule has 7 heteroatoms. The van der Waals surface area contributed by atoms with E-state index < -0.39 is 0 Å². The summed E-state index contributed by atoms with van der Waals surface area (Å²) in [7, 11) is 0. The second-order valence-electron chi connectivity index (χ2n) is 9.35. The van der Waals surface area contributed by atoms with Crippen molar-refractivity contribution in [1.82, 2.24) is 24.8 Å². The van der Waals surface area contributed by atoms with E-state index >= 15 is 0 Å². The summed E-state index contributed by atoms with van der Waals surface area (Å²) < 4.78 is 1.88. The first kappa shape index (κ1) is 22.2. The maximum Gasteiger partial charge on any atom is 0.222 e. The lowest BCUT2D eigenvalue weighted by Gasteiger charge is -2.34. The van der Waals surface area contributed by atoms with Crippen molar-refractivity contribution >= 4 is 17.5 Å². The minimum absolute atomic E-state index is 0.0219. The lowest BCUT2D eigenvalue weighted by Crippen LogP contribution is -2.40. The Bertz CT molecular complexity index is 941. The number of carbonyl (C=O) groups is 2. The molecule has 0 radical (unpaired) electrons. The molecule has 0 saturated carbocycles. The van der Waals surface area contributed by atoms with Crippen LogP contribution in [0.5, 0.6) is 0 Å². The van der Waals surface area contributed by atoms with E-state index in [9.17, 15) is 9.59 Å². The van der Waals surface area contributed by atoms with Crippen molar-refractivity contribution in [3.63, 3.8) is 0 Å². The van der Waals surface area contributed by atoms with Crippen molar-refractivity contribution in [2.75, 3.05) is 6.54 Å². The minimum atomic E-state index is -0.234. The molecule has 7 nitrogen and oxygen atoms in total. The van der Waals surface area contributed by atoms with Gasteiger partial charge in [-0.1, -0.05) is 6.92 Å². The number of fused-ring (bicyclic) bond motifs is 1. The van der Waals surface area contributed by atoms with Crippen molar-refractivity contribution in [2.24, 2.45) is 0 Å². The smallest absolute Gasteiger partial charge is 0.222 e. The Morgan fingerprint density at radius 3 is 2.63 bits per heavy atom. The zero-order chi connectivity index (χ0) is 22.1. The first-order valence-corrected chi connectivity index (χ1v) is 11.1. The molecule has 164 valence electrons. The maximum atomic E-state index is 12.4. The average molecular weight is 414 g/mol. The minimum Gasteiger partial charge on any atom is -0.351 e. The number of aryl methyl sites for hydroxylation is 2. The highest BCUT2D eigenvalue weighted by molar-refractivity contribution is 5.77. The summed E-state index contributed by atoms with van der Waals surface area (Å²) in [5.41, 5.74) is 4.48. The standard InChI is InChI=1S/C23H35N5O2/c1-7-22(30)27-13-9-8-10-19(27)18-14-20-24-15(2)17(16(3)28(20)26-18)11-12-21(29)25-23(4,5)6/h14,19H,7-13H2,1-6H3,(H,25,29)/t19-/m0/s1. The number of piperidine rings is 1. The molecule has 0 aliphatic carbocycles. The fourth-order valence-electron chi connectivity index (χ4n) is 4.33. The molecule has 3 rings (SSSR count). The molecule has 0 unspecified atom stereocenters. The monoisotopic (exact) mass is 413 g/mol. The van der Waals surface area contributed by atoms with Crippen LogP contribution in [0.1, 0.15) is 88.5 Å². The van der Waals surface area contributed by atoms with E-state index in [2.05, 4.69) is 5.32 Å². The zero-order valence-electron chi connectivity index (χ0n) is 19.2. The van der Waals surface area contributed by atoms with E-state index in [1.807, 2.05) is 57.0 Å². The highest BCUT2D eigenvalue weighted by atomic mass is 16.2. The molecule has 30 heavy (non-hydrogen) atoms. The molecule has 3 heterocycles. The predicted octanol–water partition coefficient (Wildman–Crippen LogP) is 3.66. The molecule has 1 aliphatic heterocycles. The van der Waals surface area contributed by atoms with Crippen molar-refractivity contribution in [3.05, 3.63) is 28.7 Å². The van der Waals surface area contributed by atoms with E-state index in [-0.39, 0.29) is 23.4 Å². The Balaban J connectivity index is 1.87. The molecule has 1 atom stereocenters. The lowest BCUT2D eigenvalue weighted by molar-refractivity contribution is -0.134. The van der Waals surface area contributed by atoms with Gasteiger partial charge < -0.3 is 10.2 Å². The van der Waals surface area contributed by atoms with Crippen LogP contribution in [0.4, 0.5) is 0 Å². The molecule has 0 aromatic carbocycles. The normalized spacial score (nSPS) is 17.4. The van der Waals surface area contributed by atoms with Crippen LogP contribution in [0.3, 0.4) is 0 Å². The van der Waals surface area contributed by atoms with Crippen molar-refractivity contribution in [2.45, 2.75) is 91.6 Å². The van der Waals surface area contributed by atoms with Crippen LogP contribution in [0.15, 0.2) is 6.07 Å². The third kappa shape index (κ3) is 4.82. The Morgan fingerprint density at radius 2 is 1.97 bits per heavy atom. The quantitative estimate of drug-likeness (QED) is 0.811. The number of amides is 2. The van der Waals surface area contributed by atoms with Crippen LogP contribution < -0.4 is 5.32 Å². The number of rotatable bonds is 5. The van der Waals surface area contributed by atoms with Crippen molar-refractivity contribution in [1.29, 1.82) is 0 Å². The van der Waals surface area contributed by atoms with Gasteiger partial charge in [-0.25, -0.2) is 9.50 Å². The summed E-state index contributed by atoms with van der Waals surface area (Å²) in [4.78, 5) is 31.4. The molecular weight excluding hydrogens is 378 g/mol. The van der Waals surface area contributed by atoms with Gasteiger partial charge in [-0.15, -0.1) is 0 Å². The Morgan fingerprint density at radius 1 is 1.23 bits per heavy atom. The van der Waals surface area contributed by atoms with Gasteiger partial charge in [0.15, 0.2) is 5.65 Å². The molecule has 1 aliphatic rings. The highest BCUT2D eigenvalue weighted by Gasteiger charge is 2.29. The number of aromatic nitrogens is 3. The van der Waals surface area contributed by atoms with Crippen LogP contribution in [-0.4, -0.2) is 43.4 Å². The Hall–Kier alpha value is -2.44. The van der Waals surface area contributed by atoms with Gasteiger partial charge in [0.2, 0.25) is 11.8 Å². The molecule has 2 aromatic rings. The lowest BCUT2D eigenvalue weighted by atomic mass is 9.99. The third-order valence-electron chi connectivity index (χ3n) is 5.77. The van der Waals surface area contributed by atoms with Crippen LogP contribution in [0.2, 0.25) is 0 Å². The number of nitrogens with zero attached hydrogens (tertiary/aromatic N) is 4. The van der Waals surface area contributed by atoms with Crippen LogP contribution in [0.25, 0.3) is 5.65 Å². The molecule has 2 aromatic heterocycles. The van der Waals surface area contributed by atoms with Gasteiger partial charge in [0.1, 0.15) is 0 Å². The van der Waals surface area contributed by atoms with Gasteiger partial charge in [0, 0.05) is 42.4 Å². The summed E-state index contributed by atoms with van der Waals surface area (Å²) in [6.07, 6.45) is 4.65. The summed E-state index contributed by atoms with van der Waals surface area (Å²) in [6.45, 7) is 12.7. The van der Waals surface area contributed by atoms with Crippen LogP contribution in [0, 0.1) is 13.8 Å². The van der Waals surface area contributed by atoms with Gasteiger partial charge in [0.05, 0.1) is 11.7 Å². The molecule has 0 bridgehead atoms. The van der Waals surface area contributed by atoms with Gasteiger partial charge in [0.25, 0.3) is 0 Å². The molecule has 0 spiro atoms. The molecule has 1 saturated heterocycles. The second kappa shape index (κ2) is 8.74. The SMILES string of the molecule is CCC(=O)N1CCCC[C@H]1c1cc2nc(C)c(CCC(=O)NC(C)(C)C)c(C)n2n1. The average Bonchev–Trinajstić information content (AvgIpc) is 3.09. The van der Waals surface area contributed by atoms with Crippen molar-refractivity contribution < 1.29 is 9.59 Å². The van der Waals surface area contributed by atoms with E-state index in [1.54, 1.807) is 0 Å². The van der Waals surface area contributed by atoms with Gasteiger partial charge >= 0.3 is 0 Å². The van der Waals surface area contributed by atoms with Crippen LogP contribution >= 0.6 is 0 Å². The molecule has 1 fully saturated rings. The van der Waals surface area contributed by atoms with Crippen LogP contribution in [-0.2, 0) is 16.0 Å². The summed E-state index contributed by atoms with van der Waals surface area (Å²) in [5.74, 6) is 0.224. The number of carbonyl (C=O) groups excluding carboxylic acids is 2. The van der Waals surface area contributed by atoms with E-state index in [0.717, 1.165) is 54.1 Å². The Labute approximate surface area is 179 Å². The summed E-state index contributed by atoms with van der Waals surface area (Å²) in [6, 6.07) is 2.04. The topological polar surface area (TPSA) is 79.6 Å². The number of likely N-dealkylation sites (tertiary alicyclic amines) is 1. The Kier molecular flexibility index (Phi) is 6.48. The fraction of sp³-hybridized carbons (Fsp3) is 0.652. The first-order valence-electron chi connectivity index (χ1n) is 11.1. The summed E-state index contributed by atoms with van der Waals surface area (Å²) in [5, 5.41) is 7.87. The fourth-order valence-corrected chi connectivity index (χ4v) is 4.33. The highest BCUT2D eigenvalue weighted by Crippen LogP contribution is 2.31. The third-order valence-corrected chi connectivity index (χ3v) is 5.77. The van der Waals surface area contributed by atoms with Gasteiger partial charge in [-0.2, -0.15) is 5.10 Å². The predicted molar refractivity (Wildman–Crippen MR) is 117 cm³/mol. The van der Waals surface area contributed by atoms with Crippen molar-refractivity contribution in [3.8, 4) is 0 Å². The van der Waals surface area contributed by atoms with E-state index in [4.69, 9.17) is 10.1 Å². The molecule has 1 N–H and O–H groups in total. The van der Waals surface area contributed by atoms with E-state index in [0.29, 0.717) is 19.3 Å². The first-order chi connectivity index (χ1) is 14.1. The van der Waals surface area contributed by atoms with Gasteiger partial charge in [-0.05, 0) is 65.9 Å². The number of nitrogens with one attached hydrogen (secondary N) is 1. The maximum absolute atomic E-state index is 12.4. The summed E-state index contributed by atoms with van der Waals surface area (Å²) >= 11 is 0. The number of hydrogen-bond donors (Lipinski definition) is 1.